The van der Waals surface area contributed by atoms with Crippen LogP contribution in [0.2, 0.25) is 5.02 Å². The molecule has 2 aromatic rings. The first kappa shape index (κ1) is 17.5. The van der Waals surface area contributed by atoms with Gasteiger partial charge in [0.1, 0.15) is 6.26 Å². The Balaban J connectivity index is 1.82. The zero-order valence-corrected chi connectivity index (χ0v) is 13.5. The summed E-state index contributed by atoms with van der Waals surface area (Å²) in [7, 11) is 1.52. The Morgan fingerprint density at radius 1 is 1.43 bits per heavy atom. The minimum atomic E-state index is -0.580. The number of halogens is 1. The Labute approximate surface area is 139 Å². The van der Waals surface area contributed by atoms with Crippen LogP contribution in [0.4, 0.5) is 0 Å². The highest BCUT2D eigenvalue weighted by atomic mass is 35.5. The summed E-state index contributed by atoms with van der Waals surface area (Å²) in [6, 6.07) is 7.10. The second kappa shape index (κ2) is 8.67. The molecule has 0 saturated carbocycles. The number of ether oxygens (including phenoxy) is 1. The molecule has 2 rings (SSSR count). The molecule has 124 valence electrons. The van der Waals surface area contributed by atoms with E-state index in [9.17, 15) is 9.90 Å². The number of oxazole rings is 1. The first-order valence-corrected chi connectivity index (χ1v) is 7.60. The minimum Gasteiger partial charge on any atom is -0.444 e. The van der Waals surface area contributed by atoms with E-state index in [1.165, 1.54) is 13.4 Å². The van der Waals surface area contributed by atoms with E-state index in [0.29, 0.717) is 29.6 Å². The van der Waals surface area contributed by atoms with E-state index in [2.05, 4.69) is 10.3 Å². The summed E-state index contributed by atoms with van der Waals surface area (Å²) in [5, 5.41) is 12.8. The van der Waals surface area contributed by atoms with Gasteiger partial charge in [0.25, 0.3) is 0 Å². The lowest BCUT2D eigenvalue weighted by Gasteiger charge is -2.09. The number of hydrogen-bond acceptors (Lipinski definition) is 5. The molecule has 1 aromatic heterocycles. The van der Waals surface area contributed by atoms with Gasteiger partial charge < -0.3 is 19.6 Å². The van der Waals surface area contributed by atoms with Crippen molar-refractivity contribution in [2.75, 3.05) is 20.3 Å². The van der Waals surface area contributed by atoms with E-state index in [1.54, 1.807) is 24.3 Å². The van der Waals surface area contributed by atoms with Crippen molar-refractivity contribution in [2.24, 2.45) is 0 Å². The maximum atomic E-state index is 11.8. The van der Waals surface area contributed by atoms with Crippen LogP contribution in [0.5, 0.6) is 0 Å². The third kappa shape index (κ3) is 5.67. The van der Waals surface area contributed by atoms with Crippen molar-refractivity contribution >= 4 is 17.5 Å². The number of hydrogen-bond donors (Lipinski definition) is 2. The van der Waals surface area contributed by atoms with Gasteiger partial charge in [0.15, 0.2) is 0 Å². The van der Waals surface area contributed by atoms with Gasteiger partial charge >= 0.3 is 0 Å². The summed E-state index contributed by atoms with van der Waals surface area (Å²) in [5.41, 5.74) is 1.34. The fraction of sp³-hybridized carbons (Fsp3) is 0.375. The maximum absolute atomic E-state index is 11.8. The molecule has 0 bridgehead atoms. The fourth-order valence-corrected chi connectivity index (χ4v) is 2.12. The molecule has 2 N–H and O–H groups in total. The molecule has 1 aromatic carbocycles. The molecule has 1 heterocycles. The lowest BCUT2D eigenvalue weighted by atomic mass is 10.2. The predicted octanol–water partition coefficient (Wildman–Crippen LogP) is 2.05. The van der Waals surface area contributed by atoms with Crippen molar-refractivity contribution in [3.05, 3.63) is 41.2 Å². The summed E-state index contributed by atoms with van der Waals surface area (Å²) in [5.74, 6) is 0.269. The average molecular weight is 339 g/mol. The number of rotatable bonds is 8. The highest BCUT2D eigenvalue weighted by molar-refractivity contribution is 6.30. The third-order valence-corrected chi connectivity index (χ3v) is 3.40. The molecule has 0 aliphatic rings. The van der Waals surface area contributed by atoms with Crippen LogP contribution in [0.25, 0.3) is 11.5 Å². The molecule has 0 radical (unpaired) electrons. The fourth-order valence-electron chi connectivity index (χ4n) is 1.99. The van der Waals surface area contributed by atoms with E-state index in [0.717, 1.165) is 5.56 Å². The summed E-state index contributed by atoms with van der Waals surface area (Å²) in [4.78, 5) is 16.1. The molecule has 0 spiro atoms. The molecule has 0 aliphatic carbocycles. The Morgan fingerprint density at radius 3 is 2.87 bits per heavy atom. The summed E-state index contributed by atoms with van der Waals surface area (Å²) in [6.45, 7) is 0.634. The van der Waals surface area contributed by atoms with Crippen molar-refractivity contribution in [1.82, 2.24) is 10.3 Å². The average Bonchev–Trinajstić information content (AvgIpc) is 2.96. The van der Waals surface area contributed by atoms with Gasteiger partial charge in [-0.2, -0.15) is 0 Å². The predicted molar refractivity (Wildman–Crippen MR) is 86.2 cm³/mol. The van der Waals surface area contributed by atoms with Gasteiger partial charge in [-0.05, 0) is 30.7 Å². The molecular weight excluding hydrogens is 320 g/mol. The summed E-state index contributed by atoms with van der Waals surface area (Å²) in [6.07, 6.45) is 1.44. The van der Waals surface area contributed by atoms with Crippen LogP contribution in [0.15, 0.2) is 34.9 Å². The highest BCUT2D eigenvalue weighted by Crippen LogP contribution is 2.20. The Bertz CT molecular complexity index is 627. The zero-order chi connectivity index (χ0) is 16.7. The van der Waals surface area contributed by atoms with Crippen LogP contribution in [0.3, 0.4) is 0 Å². The number of aliphatic hydroxyl groups is 1. The third-order valence-electron chi connectivity index (χ3n) is 3.14. The molecule has 0 fully saturated rings. The van der Waals surface area contributed by atoms with Gasteiger partial charge in [-0.25, -0.2) is 4.98 Å². The van der Waals surface area contributed by atoms with Crippen molar-refractivity contribution in [2.45, 2.75) is 18.9 Å². The smallest absolute Gasteiger partial charge is 0.226 e. The summed E-state index contributed by atoms with van der Waals surface area (Å²) < 4.78 is 10.2. The summed E-state index contributed by atoms with van der Waals surface area (Å²) >= 11 is 5.83. The minimum absolute atomic E-state index is 0.122. The Morgan fingerprint density at radius 2 is 2.17 bits per heavy atom. The van der Waals surface area contributed by atoms with Gasteiger partial charge in [-0.15, -0.1) is 0 Å². The lowest BCUT2D eigenvalue weighted by molar-refractivity contribution is -0.120. The van der Waals surface area contributed by atoms with Gasteiger partial charge in [0.05, 0.1) is 24.8 Å². The normalized spacial score (nSPS) is 12.1. The van der Waals surface area contributed by atoms with Crippen LogP contribution in [0, 0.1) is 0 Å². The van der Waals surface area contributed by atoms with E-state index in [4.69, 9.17) is 20.8 Å². The van der Waals surface area contributed by atoms with E-state index < -0.39 is 6.10 Å². The number of aliphatic hydroxyl groups excluding tert-OH is 1. The molecule has 1 unspecified atom stereocenters. The molecular formula is C16H19ClN2O4. The van der Waals surface area contributed by atoms with Gasteiger partial charge in [0, 0.05) is 24.2 Å². The van der Waals surface area contributed by atoms with Crippen molar-refractivity contribution < 1.29 is 19.1 Å². The number of methoxy groups -OCH3 is 1. The number of carbonyl (C=O) groups is 1. The highest BCUT2D eigenvalue weighted by Gasteiger charge is 2.11. The Kier molecular flexibility index (Phi) is 6.58. The second-order valence-corrected chi connectivity index (χ2v) is 5.51. The monoisotopic (exact) mass is 338 g/mol. The van der Waals surface area contributed by atoms with Crippen molar-refractivity contribution in [3.63, 3.8) is 0 Å². The number of carbonyl (C=O) groups excluding carboxylic acids is 1. The van der Waals surface area contributed by atoms with Crippen LogP contribution in [-0.4, -0.2) is 42.4 Å². The van der Waals surface area contributed by atoms with E-state index in [-0.39, 0.29) is 18.9 Å². The second-order valence-electron chi connectivity index (χ2n) is 5.08. The number of nitrogens with one attached hydrogen (secondary N) is 1. The van der Waals surface area contributed by atoms with Gasteiger partial charge in [-0.3, -0.25) is 4.79 Å². The SMILES string of the molecule is COCC(O)CCNC(=O)Cc1coc(-c2ccc(Cl)cc2)n1. The maximum Gasteiger partial charge on any atom is 0.226 e. The largest absolute Gasteiger partial charge is 0.444 e. The molecule has 1 amide bonds. The topological polar surface area (TPSA) is 84.6 Å². The molecule has 7 heteroatoms. The first-order chi connectivity index (χ1) is 11.1. The van der Waals surface area contributed by atoms with Crippen molar-refractivity contribution in [3.8, 4) is 11.5 Å². The van der Waals surface area contributed by atoms with Crippen LogP contribution >= 0.6 is 11.6 Å². The molecule has 0 aliphatic heterocycles. The van der Waals surface area contributed by atoms with Gasteiger partial charge in [-0.1, -0.05) is 11.6 Å². The van der Waals surface area contributed by atoms with Crippen molar-refractivity contribution in [1.29, 1.82) is 0 Å². The zero-order valence-electron chi connectivity index (χ0n) is 12.8. The standard InChI is InChI=1S/C16H19ClN2O4/c1-22-10-14(20)6-7-18-15(21)8-13-9-23-16(19-13)11-2-4-12(17)5-3-11/h2-5,9,14,20H,6-8,10H2,1H3,(H,18,21). The first-order valence-electron chi connectivity index (χ1n) is 7.22. The quantitative estimate of drug-likeness (QED) is 0.769. The van der Waals surface area contributed by atoms with Gasteiger partial charge in [0.2, 0.25) is 11.8 Å². The number of nitrogens with zero attached hydrogens (tertiary/aromatic N) is 1. The lowest BCUT2D eigenvalue weighted by Crippen LogP contribution is -2.29. The number of benzene rings is 1. The molecule has 0 saturated heterocycles. The van der Waals surface area contributed by atoms with Crippen LogP contribution in [-0.2, 0) is 16.0 Å². The number of aromatic nitrogens is 1. The van der Waals surface area contributed by atoms with Crippen LogP contribution in [0.1, 0.15) is 12.1 Å². The molecule has 1 atom stereocenters. The molecule has 23 heavy (non-hydrogen) atoms. The van der Waals surface area contributed by atoms with Crippen LogP contribution < -0.4 is 5.32 Å². The van der Waals surface area contributed by atoms with E-state index in [1.807, 2.05) is 0 Å². The molecule has 6 nitrogen and oxygen atoms in total. The van der Waals surface area contributed by atoms with E-state index >= 15 is 0 Å². The Hall–Kier alpha value is -1.89. The number of amides is 1.